The molecule has 68 valence electrons. The maximum absolute atomic E-state index is 8.33. The van der Waals surface area contributed by atoms with Crippen molar-refractivity contribution in [2.45, 2.75) is 11.8 Å². The van der Waals surface area contributed by atoms with Crippen LogP contribution in [0.25, 0.3) is 10.4 Å². The van der Waals surface area contributed by atoms with Crippen LogP contribution in [0.2, 0.25) is 0 Å². The van der Waals surface area contributed by atoms with Crippen LogP contribution in [0.3, 0.4) is 0 Å². The minimum atomic E-state index is 0.319. The summed E-state index contributed by atoms with van der Waals surface area (Å²) >= 11 is 11.3. The monoisotopic (exact) mass is 215 g/mol. The number of benzene rings is 1. The van der Waals surface area contributed by atoms with Gasteiger partial charge in [0.1, 0.15) is 0 Å². The van der Waals surface area contributed by atoms with Crippen LogP contribution < -0.4 is 0 Å². The van der Waals surface area contributed by atoms with Gasteiger partial charge in [0.2, 0.25) is 0 Å². The summed E-state index contributed by atoms with van der Waals surface area (Å²) in [6.45, 7) is 0. The predicted molar refractivity (Wildman–Crippen MR) is 54.4 cm³/mol. The Labute approximate surface area is 85.9 Å². The van der Waals surface area contributed by atoms with Gasteiger partial charge in [-0.2, -0.15) is 0 Å². The van der Waals surface area contributed by atoms with Crippen molar-refractivity contribution in [1.29, 1.82) is 0 Å². The molecule has 0 N–H and O–H groups in total. The first-order valence-electron chi connectivity index (χ1n) is 3.61. The summed E-state index contributed by atoms with van der Waals surface area (Å²) in [6, 6.07) is 5.46. The molecule has 5 heteroatoms. The first-order valence-corrected chi connectivity index (χ1v) is 4.68. The van der Waals surface area contributed by atoms with Crippen molar-refractivity contribution in [3.8, 4) is 0 Å². The summed E-state index contributed by atoms with van der Waals surface area (Å²) in [7, 11) is 0. The van der Waals surface area contributed by atoms with Gasteiger partial charge in [-0.1, -0.05) is 23.3 Å². The zero-order chi connectivity index (χ0) is 9.68. The number of alkyl halides is 2. The summed E-state index contributed by atoms with van der Waals surface area (Å²) in [6.07, 6.45) is 0. The van der Waals surface area contributed by atoms with Gasteiger partial charge in [-0.25, -0.2) is 0 Å². The van der Waals surface area contributed by atoms with E-state index in [9.17, 15) is 0 Å². The van der Waals surface area contributed by atoms with Crippen molar-refractivity contribution in [3.63, 3.8) is 0 Å². The van der Waals surface area contributed by atoms with Gasteiger partial charge in [-0.05, 0) is 16.7 Å². The largest absolute Gasteiger partial charge is 0.122 e. The molecule has 0 aliphatic heterocycles. The van der Waals surface area contributed by atoms with Crippen LogP contribution in [0, 0.1) is 0 Å². The third-order valence-corrected chi connectivity index (χ3v) is 2.21. The summed E-state index contributed by atoms with van der Waals surface area (Å²) in [5.74, 6) is 0.637. The molecule has 0 spiro atoms. The van der Waals surface area contributed by atoms with E-state index in [0.717, 1.165) is 11.1 Å². The molecule has 0 amide bonds. The van der Waals surface area contributed by atoms with Gasteiger partial charge in [0.15, 0.2) is 0 Å². The van der Waals surface area contributed by atoms with E-state index in [1.165, 1.54) is 0 Å². The molecule has 0 aromatic heterocycles. The molecule has 0 saturated heterocycles. The van der Waals surface area contributed by atoms with Crippen LogP contribution in [-0.4, -0.2) is 0 Å². The molecule has 0 fully saturated rings. The fourth-order valence-corrected chi connectivity index (χ4v) is 1.46. The Balaban J connectivity index is 3.28. The van der Waals surface area contributed by atoms with E-state index in [1.807, 2.05) is 18.2 Å². The molecular formula is C8H7Cl2N3. The van der Waals surface area contributed by atoms with Gasteiger partial charge in [0.05, 0.1) is 0 Å². The molecule has 0 unspecified atom stereocenters. The highest BCUT2D eigenvalue weighted by Gasteiger charge is 2.04. The lowest BCUT2D eigenvalue weighted by Gasteiger charge is -2.05. The van der Waals surface area contributed by atoms with Crippen LogP contribution in [0.1, 0.15) is 11.1 Å². The van der Waals surface area contributed by atoms with E-state index in [-0.39, 0.29) is 0 Å². The highest BCUT2D eigenvalue weighted by molar-refractivity contribution is 6.18. The smallest absolute Gasteiger partial charge is 0.0478 e. The normalized spacial score (nSPS) is 9.38. The van der Waals surface area contributed by atoms with E-state index in [0.29, 0.717) is 17.4 Å². The molecule has 0 saturated carbocycles. The minimum Gasteiger partial charge on any atom is -0.122 e. The zero-order valence-electron chi connectivity index (χ0n) is 6.74. The Morgan fingerprint density at radius 3 is 2.15 bits per heavy atom. The lowest BCUT2D eigenvalue weighted by Crippen LogP contribution is -1.84. The summed E-state index contributed by atoms with van der Waals surface area (Å²) in [4.78, 5) is 2.73. The van der Waals surface area contributed by atoms with Crippen LogP contribution in [-0.2, 0) is 11.8 Å². The molecule has 13 heavy (non-hydrogen) atoms. The Kier molecular flexibility index (Phi) is 3.90. The molecule has 0 bridgehead atoms. The number of nitrogens with zero attached hydrogens (tertiary/aromatic N) is 3. The third-order valence-electron chi connectivity index (χ3n) is 1.64. The highest BCUT2D eigenvalue weighted by Crippen LogP contribution is 2.27. The van der Waals surface area contributed by atoms with Crippen molar-refractivity contribution in [1.82, 2.24) is 0 Å². The standard InChI is InChI=1S/C8H7Cl2N3/c9-4-6-2-1-3-7(5-10)8(6)12-13-11/h1-3H,4-5H2. The first-order chi connectivity index (χ1) is 6.33. The zero-order valence-corrected chi connectivity index (χ0v) is 8.26. The summed E-state index contributed by atoms with van der Waals surface area (Å²) in [5.41, 5.74) is 10.5. The quantitative estimate of drug-likeness (QED) is 0.316. The average Bonchev–Trinajstić information content (AvgIpc) is 2.18. The molecule has 1 aromatic carbocycles. The molecular weight excluding hydrogens is 209 g/mol. The van der Waals surface area contributed by atoms with Gasteiger partial charge in [-0.15, -0.1) is 23.2 Å². The van der Waals surface area contributed by atoms with Gasteiger partial charge >= 0.3 is 0 Å². The minimum absolute atomic E-state index is 0.319. The number of rotatable bonds is 3. The van der Waals surface area contributed by atoms with Crippen molar-refractivity contribution >= 4 is 28.9 Å². The van der Waals surface area contributed by atoms with Crippen LogP contribution in [0.15, 0.2) is 23.3 Å². The van der Waals surface area contributed by atoms with Crippen molar-refractivity contribution in [2.24, 2.45) is 5.11 Å². The number of azide groups is 1. The highest BCUT2D eigenvalue weighted by atomic mass is 35.5. The summed E-state index contributed by atoms with van der Waals surface area (Å²) < 4.78 is 0. The Morgan fingerprint density at radius 1 is 1.23 bits per heavy atom. The van der Waals surface area contributed by atoms with Gasteiger partial charge in [-0.3, -0.25) is 0 Å². The van der Waals surface area contributed by atoms with Crippen molar-refractivity contribution in [3.05, 3.63) is 39.8 Å². The second kappa shape index (κ2) is 4.97. The molecule has 0 aliphatic rings. The number of hydrogen-bond acceptors (Lipinski definition) is 1. The first kappa shape index (κ1) is 10.2. The lowest BCUT2D eigenvalue weighted by molar-refractivity contribution is 1.26. The molecule has 1 aromatic rings. The summed E-state index contributed by atoms with van der Waals surface area (Å²) in [5, 5.41) is 3.56. The van der Waals surface area contributed by atoms with Crippen LogP contribution >= 0.6 is 23.2 Å². The van der Waals surface area contributed by atoms with E-state index >= 15 is 0 Å². The molecule has 3 nitrogen and oxygen atoms in total. The van der Waals surface area contributed by atoms with Gasteiger partial charge < -0.3 is 0 Å². The maximum Gasteiger partial charge on any atom is 0.0478 e. The van der Waals surface area contributed by atoms with Gasteiger partial charge in [0.25, 0.3) is 0 Å². The Morgan fingerprint density at radius 2 is 1.77 bits per heavy atom. The molecule has 0 radical (unpaired) electrons. The number of hydrogen-bond donors (Lipinski definition) is 0. The van der Waals surface area contributed by atoms with Crippen LogP contribution in [0.5, 0.6) is 0 Å². The Hall–Kier alpha value is -0.890. The van der Waals surface area contributed by atoms with Crippen LogP contribution in [0.4, 0.5) is 5.69 Å². The van der Waals surface area contributed by atoms with E-state index < -0.39 is 0 Å². The number of halogens is 2. The second-order valence-corrected chi connectivity index (χ2v) is 2.92. The lowest BCUT2D eigenvalue weighted by atomic mass is 10.1. The van der Waals surface area contributed by atoms with E-state index in [2.05, 4.69) is 10.0 Å². The fraction of sp³-hybridized carbons (Fsp3) is 0.250. The second-order valence-electron chi connectivity index (χ2n) is 2.38. The molecule has 0 aliphatic carbocycles. The third kappa shape index (κ3) is 2.28. The predicted octanol–water partition coefficient (Wildman–Crippen LogP) is 4.11. The fourth-order valence-electron chi connectivity index (χ4n) is 1.03. The Bertz CT molecular complexity index is 323. The van der Waals surface area contributed by atoms with Gasteiger partial charge in [0, 0.05) is 22.4 Å². The topological polar surface area (TPSA) is 48.8 Å². The SMILES string of the molecule is [N-]=[N+]=Nc1c(CCl)cccc1CCl. The molecule has 0 atom stereocenters. The molecule has 1 rings (SSSR count). The van der Waals surface area contributed by atoms with Crippen molar-refractivity contribution < 1.29 is 0 Å². The van der Waals surface area contributed by atoms with E-state index in [1.54, 1.807) is 0 Å². The van der Waals surface area contributed by atoms with E-state index in [4.69, 9.17) is 28.7 Å². The maximum atomic E-state index is 8.33. The average molecular weight is 216 g/mol. The molecule has 0 heterocycles. The van der Waals surface area contributed by atoms with Crippen molar-refractivity contribution in [2.75, 3.05) is 0 Å².